The molecule has 0 heterocycles. The number of hydrogen-bond acceptors (Lipinski definition) is 1. The molecule has 0 bridgehead atoms. The summed E-state index contributed by atoms with van der Waals surface area (Å²) >= 11 is 2.34. The summed E-state index contributed by atoms with van der Waals surface area (Å²) in [6, 6.07) is 6.40. The molecule has 0 unspecified atom stereocenters. The lowest BCUT2D eigenvalue weighted by Gasteiger charge is -2.25. The highest BCUT2D eigenvalue weighted by molar-refractivity contribution is 14.1. The third-order valence-corrected chi connectivity index (χ3v) is 4.66. The predicted octanol–water partition coefficient (Wildman–Crippen LogP) is 2.80. The largest absolute Gasteiger partial charge is 0.370 e. The van der Waals surface area contributed by atoms with E-state index < -0.39 is 0 Å². The average molecular weight is 357 g/mol. The van der Waals surface area contributed by atoms with Crippen molar-refractivity contribution in [2.75, 3.05) is 6.54 Å². The highest BCUT2D eigenvalue weighted by Crippen LogP contribution is 2.24. The minimum absolute atomic E-state index is 0.568. The zero-order chi connectivity index (χ0) is 13.0. The van der Waals surface area contributed by atoms with Gasteiger partial charge in [-0.25, -0.2) is 4.99 Å². The van der Waals surface area contributed by atoms with Gasteiger partial charge in [0.1, 0.15) is 0 Å². The molecule has 98 valence electrons. The Kier molecular flexibility index (Phi) is 4.86. The van der Waals surface area contributed by atoms with Crippen LogP contribution >= 0.6 is 22.6 Å². The number of hydrogen-bond donors (Lipinski definition) is 2. The first kappa shape index (κ1) is 13.6. The summed E-state index contributed by atoms with van der Waals surface area (Å²) in [4.78, 5) is 4.38. The molecule has 1 aliphatic rings. The summed E-state index contributed by atoms with van der Waals surface area (Å²) < 4.78 is 1.29. The Bertz CT molecular complexity index is 439. The lowest BCUT2D eigenvalue weighted by molar-refractivity contribution is 0.315. The van der Waals surface area contributed by atoms with E-state index in [-0.39, 0.29) is 0 Å². The average Bonchev–Trinajstić information content (AvgIpc) is 2.29. The van der Waals surface area contributed by atoms with Crippen molar-refractivity contribution in [3.05, 3.63) is 32.9 Å². The zero-order valence-electron chi connectivity index (χ0n) is 10.7. The van der Waals surface area contributed by atoms with Crippen LogP contribution in [0.3, 0.4) is 0 Å². The molecule has 1 saturated carbocycles. The van der Waals surface area contributed by atoms with Gasteiger partial charge in [-0.1, -0.05) is 18.6 Å². The van der Waals surface area contributed by atoms with E-state index in [4.69, 9.17) is 5.73 Å². The van der Waals surface area contributed by atoms with Crippen LogP contribution in [0.4, 0.5) is 0 Å². The maximum absolute atomic E-state index is 5.85. The second-order valence-electron chi connectivity index (χ2n) is 4.96. The van der Waals surface area contributed by atoms with E-state index in [2.05, 4.69) is 58.0 Å². The molecule has 18 heavy (non-hydrogen) atoms. The minimum atomic E-state index is 0.568. The van der Waals surface area contributed by atoms with Crippen LogP contribution in [-0.4, -0.2) is 12.5 Å². The van der Waals surface area contributed by atoms with Gasteiger partial charge < -0.3 is 11.1 Å². The molecule has 3 N–H and O–H groups in total. The lowest BCUT2D eigenvalue weighted by atomic mass is 9.85. The van der Waals surface area contributed by atoms with Crippen LogP contribution in [-0.2, 0) is 6.54 Å². The number of aryl methyl sites for hydroxylation is 1. The number of rotatable bonds is 4. The molecule has 0 saturated heterocycles. The van der Waals surface area contributed by atoms with Crippen molar-refractivity contribution in [3.8, 4) is 0 Å². The van der Waals surface area contributed by atoms with Crippen molar-refractivity contribution in [2.24, 2.45) is 16.6 Å². The number of guanidine groups is 1. The summed E-state index contributed by atoms with van der Waals surface area (Å²) in [5.74, 6) is 1.37. The molecular formula is C14H20IN3. The number of halogens is 1. The standard InChI is InChI=1S/C14H20IN3/c1-10-7-12(5-6-13(10)15)9-18-14(16)17-8-11-3-2-4-11/h5-7,11H,2-4,8-9H2,1H3,(H3,16,17,18). The molecule has 1 aromatic rings. The SMILES string of the molecule is Cc1cc(CN=C(N)NCC2CCC2)ccc1I. The molecular weight excluding hydrogens is 337 g/mol. The Morgan fingerprint density at radius 2 is 2.28 bits per heavy atom. The fraction of sp³-hybridized carbons (Fsp3) is 0.500. The minimum Gasteiger partial charge on any atom is -0.370 e. The molecule has 3 nitrogen and oxygen atoms in total. The van der Waals surface area contributed by atoms with Crippen LogP contribution < -0.4 is 11.1 Å². The van der Waals surface area contributed by atoms with Crippen molar-refractivity contribution < 1.29 is 0 Å². The van der Waals surface area contributed by atoms with Crippen molar-refractivity contribution in [2.45, 2.75) is 32.7 Å². The molecule has 2 rings (SSSR count). The first-order valence-corrected chi connectivity index (χ1v) is 7.52. The van der Waals surface area contributed by atoms with Gasteiger partial charge in [-0.15, -0.1) is 0 Å². The molecule has 1 fully saturated rings. The molecule has 0 atom stereocenters. The summed E-state index contributed by atoms with van der Waals surface area (Å²) in [6.07, 6.45) is 4.03. The number of nitrogens with zero attached hydrogens (tertiary/aromatic N) is 1. The van der Waals surface area contributed by atoms with Gasteiger partial charge in [0.15, 0.2) is 5.96 Å². The normalized spacial score (nSPS) is 16.4. The van der Waals surface area contributed by atoms with Crippen LogP contribution in [0.1, 0.15) is 30.4 Å². The maximum Gasteiger partial charge on any atom is 0.188 e. The molecule has 0 aromatic heterocycles. The number of aliphatic imine (C=N–C) groups is 1. The lowest BCUT2D eigenvalue weighted by Crippen LogP contribution is -2.37. The van der Waals surface area contributed by atoms with Gasteiger partial charge in [0.05, 0.1) is 6.54 Å². The Balaban J connectivity index is 1.82. The zero-order valence-corrected chi connectivity index (χ0v) is 12.9. The van der Waals surface area contributed by atoms with Gasteiger partial charge in [-0.3, -0.25) is 0 Å². The van der Waals surface area contributed by atoms with Crippen molar-refractivity contribution >= 4 is 28.6 Å². The van der Waals surface area contributed by atoms with Crippen LogP contribution in [0.15, 0.2) is 23.2 Å². The highest BCUT2D eigenvalue weighted by Gasteiger charge is 2.16. The van der Waals surface area contributed by atoms with E-state index in [0.717, 1.165) is 12.5 Å². The van der Waals surface area contributed by atoms with Crippen LogP contribution in [0, 0.1) is 16.4 Å². The summed E-state index contributed by atoms with van der Waals surface area (Å²) in [6.45, 7) is 3.75. The Morgan fingerprint density at radius 3 is 2.89 bits per heavy atom. The summed E-state index contributed by atoms with van der Waals surface area (Å²) in [5.41, 5.74) is 8.36. The number of nitrogens with one attached hydrogen (secondary N) is 1. The van der Waals surface area contributed by atoms with E-state index >= 15 is 0 Å². The Labute approximate surface area is 122 Å². The second kappa shape index (κ2) is 6.41. The highest BCUT2D eigenvalue weighted by atomic mass is 127. The van der Waals surface area contributed by atoms with E-state index in [9.17, 15) is 0 Å². The van der Waals surface area contributed by atoms with Gasteiger partial charge in [0.2, 0.25) is 0 Å². The van der Waals surface area contributed by atoms with E-state index in [1.165, 1.54) is 34.0 Å². The number of benzene rings is 1. The van der Waals surface area contributed by atoms with E-state index in [0.29, 0.717) is 12.5 Å². The molecule has 0 aliphatic heterocycles. The van der Waals surface area contributed by atoms with Gasteiger partial charge in [-0.2, -0.15) is 0 Å². The van der Waals surface area contributed by atoms with Gasteiger partial charge >= 0.3 is 0 Å². The van der Waals surface area contributed by atoms with Crippen LogP contribution in [0.5, 0.6) is 0 Å². The van der Waals surface area contributed by atoms with Gasteiger partial charge in [0, 0.05) is 10.1 Å². The first-order chi connectivity index (χ1) is 8.65. The third-order valence-electron chi connectivity index (χ3n) is 3.45. The molecule has 1 aliphatic carbocycles. The Hall–Kier alpha value is -0.780. The molecule has 0 spiro atoms. The first-order valence-electron chi connectivity index (χ1n) is 6.44. The van der Waals surface area contributed by atoms with Crippen LogP contribution in [0.25, 0.3) is 0 Å². The van der Waals surface area contributed by atoms with Crippen LogP contribution in [0.2, 0.25) is 0 Å². The molecule has 1 aromatic carbocycles. The van der Waals surface area contributed by atoms with E-state index in [1.54, 1.807) is 0 Å². The smallest absolute Gasteiger partial charge is 0.188 e. The predicted molar refractivity (Wildman–Crippen MR) is 84.6 cm³/mol. The summed E-state index contributed by atoms with van der Waals surface area (Å²) in [5, 5.41) is 3.21. The molecule has 4 heteroatoms. The molecule has 0 radical (unpaired) electrons. The van der Waals surface area contributed by atoms with Gasteiger partial charge in [-0.05, 0) is 65.5 Å². The van der Waals surface area contributed by atoms with Gasteiger partial charge in [0.25, 0.3) is 0 Å². The quantitative estimate of drug-likeness (QED) is 0.495. The monoisotopic (exact) mass is 357 g/mol. The maximum atomic E-state index is 5.85. The Morgan fingerprint density at radius 1 is 1.50 bits per heavy atom. The topological polar surface area (TPSA) is 50.4 Å². The fourth-order valence-electron chi connectivity index (χ4n) is 1.98. The molecule has 0 amide bonds. The third kappa shape index (κ3) is 3.86. The van der Waals surface area contributed by atoms with Crippen molar-refractivity contribution in [1.29, 1.82) is 0 Å². The number of nitrogens with two attached hydrogens (primary N) is 1. The fourth-order valence-corrected chi connectivity index (χ4v) is 2.32. The second-order valence-corrected chi connectivity index (χ2v) is 6.13. The van der Waals surface area contributed by atoms with Crippen molar-refractivity contribution in [1.82, 2.24) is 5.32 Å². The van der Waals surface area contributed by atoms with Crippen molar-refractivity contribution in [3.63, 3.8) is 0 Å². The summed E-state index contributed by atoms with van der Waals surface area (Å²) in [7, 11) is 0. The van der Waals surface area contributed by atoms with E-state index in [1.807, 2.05) is 0 Å².